The van der Waals surface area contributed by atoms with Crippen molar-refractivity contribution in [3.63, 3.8) is 0 Å². The molecule has 1 atom stereocenters. The van der Waals surface area contributed by atoms with Gasteiger partial charge in [0.15, 0.2) is 5.13 Å². The van der Waals surface area contributed by atoms with Gasteiger partial charge in [0.05, 0.1) is 30.1 Å². The number of morpholine rings is 1. The molecule has 0 aromatic carbocycles. The van der Waals surface area contributed by atoms with Gasteiger partial charge in [0.2, 0.25) is 0 Å². The Balaban J connectivity index is 1.52. The van der Waals surface area contributed by atoms with E-state index in [1.807, 2.05) is 26.0 Å². The molecule has 3 aromatic heterocycles. The maximum absolute atomic E-state index is 12.8. The van der Waals surface area contributed by atoms with E-state index in [9.17, 15) is 4.79 Å². The van der Waals surface area contributed by atoms with Crippen LogP contribution in [0.3, 0.4) is 0 Å². The number of hydrogen-bond donors (Lipinski definition) is 2. The number of nitrogens with two attached hydrogens (primary N) is 1. The zero-order valence-corrected chi connectivity index (χ0v) is 18.0. The van der Waals surface area contributed by atoms with Crippen LogP contribution >= 0.6 is 11.3 Å². The Hall–Kier alpha value is -3.04. The predicted molar refractivity (Wildman–Crippen MR) is 117 cm³/mol. The van der Waals surface area contributed by atoms with Crippen molar-refractivity contribution in [1.29, 1.82) is 0 Å². The molecule has 0 bridgehead atoms. The van der Waals surface area contributed by atoms with Gasteiger partial charge in [-0.05, 0) is 45.0 Å². The minimum absolute atomic E-state index is 0.0875. The number of rotatable bonds is 4. The summed E-state index contributed by atoms with van der Waals surface area (Å²) in [5.41, 5.74) is 9.72. The van der Waals surface area contributed by atoms with E-state index < -0.39 is 0 Å². The Morgan fingerprint density at radius 2 is 2.10 bits per heavy atom. The second kappa shape index (κ2) is 8.37. The molecule has 0 spiro atoms. The van der Waals surface area contributed by atoms with Gasteiger partial charge in [0.1, 0.15) is 11.9 Å². The van der Waals surface area contributed by atoms with Crippen molar-refractivity contribution in [3.05, 3.63) is 58.0 Å². The number of aryl methyl sites for hydroxylation is 3. The van der Waals surface area contributed by atoms with E-state index in [-0.39, 0.29) is 12.0 Å². The first-order chi connectivity index (χ1) is 14.4. The van der Waals surface area contributed by atoms with Crippen LogP contribution in [0.5, 0.6) is 0 Å². The normalized spacial score (nSPS) is 16.5. The highest BCUT2D eigenvalue weighted by Crippen LogP contribution is 2.28. The molecule has 30 heavy (non-hydrogen) atoms. The number of amides is 1. The molecule has 0 saturated carbocycles. The highest BCUT2D eigenvalue weighted by atomic mass is 32.1. The van der Waals surface area contributed by atoms with Crippen molar-refractivity contribution in [2.45, 2.75) is 26.9 Å². The number of carbonyl (C=O) groups is 1. The molecule has 156 valence electrons. The van der Waals surface area contributed by atoms with Crippen molar-refractivity contribution >= 4 is 33.9 Å². The van der Waals surface area contributed by atoms with Crippen molar-refractivity contribution in [2.75, 3.05) is 30.7 Å². The number of hydrogen-bond acceptors (Lipinski definition) is 8. The van der Waals surface area contributed by atoms with E-state index in [2.05, 4.69) is 27.2 Å². The van der Waals surface area contributed by atoms with Crippen molar-refractivity contribution in [3.8, 4) is 0 Å². The summed E-state index contributed by atoms with van der Waals surface area (Å²) in [6.07, 6.45) is 1.21. The SMILES string of the molecule is Cc1cc(Nc2nc(C)c(C)s2)cc([C@H]2CN(C(=O)c3ccc(N)nc3)CCO2)n1. The molecule has 0 aliphatic carbocycles. The molecule has 3 aromatic rings. The summed E-state index contributed by atoms with van der Waals surface area (Å²) in [5, 5.41) is 4.21. The van der Waals surface area contributed by atoms with E-state index in [1.54, 1.807) is 28.4 Å². The fourth-order valence-electron chi connectivity index (χ4n) is 3.31. The number of aromatic nitrogens is 3. The highest BCUT2D eigenvalue weighted by molar-refractivity contribution is 7.15. The van der Waals surface area contributed by atoms with Gasteiger partial charge >= 0.3 is 0 Å². The summed E-state index contributed by atoms with van der Waals surface area (Å²) < 4.78 is 5.95. The van der Waals surface area contributed by atoms with Gasteiger partial charge in [-0.2, -0.15) is 0 Å². The third-order valence-corrected chi connectivity index (χ3v) is 5.96. The van der Waals surface area contributed by atoms with Gasteiger partial charge in [-0.3, -0.25) is 9.78 Å². The number of ether oxygens (including phenoxy) is 1. The smallest absolute Gasteiger partial charge is 0.255 e. The maximum Gasteiger partial charge on any atom is 0.255 e. The quantitative estimate of drug-likeness (QED) is 0.661. The highest BCUT2D eigenvalue weighted by Gasteiger charge is 2.27. The summed E-state index contributed by atoms with van der Waals surface area (Å²) >= 11 is 1.62. The molecule has 1 fully saturated rings. The summed E-state index contributed by atoms with van der Waals surface area (Å²) in [6.45, 7) is 7.39. The van der Waals surface area contributed by atoms with Crippen LogP contribution in [0, 0.1) is 20.8 Å². The fraction of sp³-hybridized carbons (Fsp3) is 0.333. The number of thiazole rings is 1. The molecule has 4 heterocycles. The topological polar surface area (TPSA) is 106 Å². The van der Waals surface area contributed by atoms with Crippen LogP contribution in [-0.4, -0.2) is 45.5 Å². The van der Waals surface area contributed by atoms with Crippen molar-refractivity contribution < 1.29 is 9.53 Å². The lowest BCUT2D eigenvalue weighted by atomic mass is 10.1. The largest absolute Gasteiger partial charge is 0.384 e. The minimum Gasteiger partial charge on any atom is -0.384 e. The number of pyridine rings is 2. The standard InChI is InChI=1S/C21H24N6O2S/c1-12-8-16(26-21-25-13(2)14(3)30-21)9-17(24-12)18-11-27(6-7-29-18)20(28)15-4-5-19(22)23-10-15/h4-5,8-10,18H,6-7,11H2,1-3H3,(H2,22,23)(H,24,25,26)/t18-/m1/s1. The first kappa shape index (κ1) is 20.2. The molecule has 8 nitrogen and oxygen atoms in total. The molecule has 3 N–H and O–H groups in total. The fourth-order valence-corrected chi connectivity index (χ4v) is 4.14. The Morgan fingerprint density at radius 1 is 1.27 bits per heavy atom. The number of nitrogens with one attached hydrogen (secondary N) is 1. The molecule has 1 saturated heterocycles. The van der Waals surface area contributed by atoms with Gasteiger partial charge in [-0.1, -0.05) is 0 Å². The van der Waals surface area contributed by atoms with Crippen LogP contribution in [-0.2, 0) is 4.74 Å². The van der Waals surface area contributed by atoms with Crippen LogP contribution in [0.2, 0.25) is 0 Å². The van der Waals surface area contributed by atoms with E-state index >= 15 is 0 Å². The van der Waals surface area contributed by atoms with E-state index in [0.717, 1.165) is 27.9 Å². The molecular formula is C21H24N6O2S. The van der Waals surface area contributed by atoms with Gasteiger partial charge in [-0.15, -0.1) is 11.3 Å². The first-order valence-electron chi connectivity index (χ1n) is 9.71. The van der Waals surface area contributed by atoms with Crippen molar-refractivity contribution in [2.24, 2.45) is 0 Å². The van der Waals surface area contributed by atoms with Gasteiger partial charge < -0.3 is 20.7 Å². The lowest BCUT2D eigenvalue weighted by Crippen LogP contribution is -2.42. The number of nitrogen functional groups attached to an aromatic ring is 1. The Labute approximate surface area is 179 Å². The summed E-state index contributed by atoms with van der Waals surface area (Å²) in [6, 6.07) is 7.26. The molecule has 0 radical (unpaired) electrons. The minimum atomic E-state index is -0.301. The zero-order valence-electron chi connectivity index (χ0n) is 17.2. The van der Waals surface area contributed by atoms with Crippen LogP contribution in [0.25, 0.3) is 0 Å². The Morgan fingerprint density at radius 3 is 2.80 bits per heavy atom. The summed E-state index contributed by atoms with van der Waals surface area (Å²) in [5.74, 6) is 0.302. The number of anilines is 3. The van der Waals surface area contributed by atoms with Crippen LogP contribution in [0.1, 0.15) is 38.4 Å². The maximum atomic E-state index is 12.8. The van der Waals surface area contributed by atoms with E-state index in [4.69, 9.17) is 10.5 Å². The van der Waals surface area contributed by atoms with Gasteiger partial charge in [0.25, 0.3) is 5.91 Å². The zero-order chi connectivity index (χ0) is 21.3. The van der Waals surface area contributed by atoms with Crippen LogP contribution < -0.4 is 11.1 Å². The molecular weight excluding hydrogens is 400 g/mol. The van der Waals surface area contributed by atoms with Crippen LogP contribution in [0.15, 0.2) is 30.5 Å². The monoisotopic (exact) mass is 424 g/mol. The third kappa shape index (κ3) is 4.42. The molecule has 9 heteroatoms. The lowest BCUT2D eigenvalue weighted by Gasteiger charge is -2.33. The van der Waals surface area contributed by atoms with Crippen molar-refractivity contribution in [1.82, 2.24) is 19.9 Å². The van der Waals surface area contributed by atoms with Gasteiger partial charge in [-0.25, -0.2) is 9.97 Å². The number of carbonyl (C=O) groups excluding carboxylic acids is 1. The first-order valence-corrected chi connectivity index (χ1v) is 10.5. The molecule has 4 rings (SSSR count). The molecule has 0 unspecified atom stereocenters. The predicted octanol–water partition coefficient (Wildman–Crippen LogP) is 3.40. The molecule has 1 aliphatic heterocycles. The van der Waals surface area contributed by atoms with E-state index in [0.29, 0.717) is 31.1 Å². The van der Waals surface area contributed by atoms with Gasteiger partial charge in [0, 0.05) is 29.0 Å². The average Bonchev–Trinajstić information content (AvgIpc) is 3.04. The molecule has 1 amide bonds. The molecule has 1 aliphatic rings. The second-order valence-corrected chi connectivity index (χ2v) is 8.49. The third-order valence-electron chi connectivity index (χ3n) is 4.97. The summed E-state index contributed by atoms with van der Waals surface area (Å²) in [4.78, 5) is 29.0. The summed E-state index contributed by atoms with van der Waals surface area (Å²) in [7, 11) is 0. The van der Waals surface area contributed by atoms with E-state index in [1.165, 1.54) is 11.1 Å². The Bertz CT molecular complexity index is 1050. The lowest BCUT2D eigenvalue weighted by molar-refractivity contribution is -0.0247. The van der Waals surface area contributed by atoms with Crippen LogP contribution in [0.4, 0.5) is 16.6 Å². The average molecular weight is 425 g/mol. The number of nitrogens with zero attached hydrogens (tertiary/aromatic N) is 4. The Kier molecular flexibility index (Phi) is 5.65. The second-order valence-electron chi connectivity index (χ2n) is 7.29.